The molecule has 1 N–H and O–H groups in total. The van der Waals surface area contributed by atoms with E-state index < -0.39 is 53.7 Å². The van der Waals surface area contributed by atoms with Crippen molar-refractivity contribution in [2.24, 2.45) is 5.92 Å². The summed E-state index contributed by atoms with van der Waals surface area (Å²) in [6, 6.07) is 10.0. The Morgan fingerprint density at radius 1 is 0.732 bits per heavy atom. The quantitative estimate of drug-likeness (QED) is 0.210. The topological polar surface area (TPSA) is 38.3 Å². The second-order valence-electron chi connectivity index (χ2n) is 9.89. The Balaban J connectivity index is 2.08. The number of hydrogen-bond donors (Lipinski definition) is 1. The van der Waals surface area contributed by atoms with E-state index in [1.165, 1.54) is 31.4 Å². The molecule has 0 saturated heterocycles. The van der Waals surface area contributed by atoms with Crippen LogP contribution in [0.1, 0.15) is 54.0 Å². The second kappa shape index (κ2) is 12.0. The van der Waals surface area contributed by atoms with Crippen molar-refractivity contribution < 1.29 is 49.0 Å². The fourth-order valence-electron chi connectivity index (χ4n) is 4.28. The van der Waals surface area contributed by atoms with Crippen LogP contribution in [0.25, 0.3) is 11.1 Å². The number of hydrogen-bond acceptors (Lipinski definition) is 3. The number of methoxy groups -OCH3 is 1. The highest BCUT2D eigenvalue weighted by molar-refractivity contribution is 5.80. The number of carbonyl (C=O) groups excluding carboxylic acids is 1. The van der Waals surface area contributed by atoms with Gasteiger partial charge in [-0.1, -0.05) is 32.0 Å². The van der Waals surface area contributed by atoms with Gasteiger partial charge in [-0.2, -0.15) is 39.5 Å². The van der Waals surface area contributed by atoms with Crippen LogP contribution in [0.5, 0.6) is 0 Å². The molecule has 0 saturated carbocycles. The molecule has 1 atom stereocenters. The van der Waals surface area contributed by atoms with Crippen LogP contribution in [0.2, 0.25) is 0 Å². The summed E-state index contributed by atoms with van der Waals surface area (Å²) >= 11 is 0. The Kier molecular flexibility index (Phi) is 9.34. The van der Waals surface area contributed by atoms with Gasteiger partial charge >= 0.3 is 24.5 Å². The number of alkyl halides is 9. The summed E-state index contributed by atoms with van der Waals surface area (Å²) in [5.41, 5.74) is -2.78. The third-order valence-electron chi connectivity index (χ3n) is 6.24. The summed E-state index contributed by atoms with van der Waals surface area (Å²) in [5.74, 6) is -1.35. The van der Waals surface area contributed by atoms with Gasteiger partial charge in [-0.05, 0) is 77.1 Å². The summed E-state index contributed by atoms with van der Waals surface area (Å²) in [4.78, 5) is 12.6. The third kappa shape index (κ3) is 8.40. The van der Waals surface area contributed by atoms with Gasteiger partial charge in [-0.3, -0.25) is 4.79 Å². The van der Waals surface area contributed by atoms with E-state index in [1.54, 1.807) is 6.07 Å². The average molecular weight is 592 g/mol. The number of anilines is 1. The van der Waals surface area contributed by atoms with Crippen LogP contribution in [0.4, 0.5) is 45.2 Å². The van der Waals surface area contributed by atoms with Gasteiger partial charge < -0.3 is 10.1 Å². The lowest BCUT2D eigenvalue weighted by Gasteiger charge is -2.20. The summed E-state index contributed by atoms with van der Waals surface area (Å²) in [7, 11) is 1.19. The largest absolute Gasteiger partial charge is 0.469 e. The van der Waals surface area contributed by atoms with Crippen molar-refractivity contribution in [3.8, 4) is 11.1 Å². The van der Waals surface area contributed by atoms with Crippen LogP contribution in [0.15, 0.2) is 60.7 Å². The molecule has 0 aliphatic heterocycles. The fourth-order valence-corrected chi connectivity index (χ4v) is 4.28. The summed E-state index contributed by atoms with van der Waals surface area (Å²) in [6.45, 7) is 3.28. The molecule has 0 radical (unpaired) electrons. The summed E-state index contributed by atoms with van der Waals surface area (Å²) < 4.78 is 124. The van der Waals surface area contributed by atoms with Gasteiger partial charge in [0.1, 0.15) is 0 Å². The number of nitrogens with one attached hydrogen (secondary N) is 1. The number of ether oxygens (including phenoxy) is 1. The molecule has 12 heteroatoms. The Hall–Kier alpha value is -3.70. The fraction of sp³-hybridized carbons (Fsp3) is 0.345. The Morgan fingerprint density at radius 3 is 1.73 bits per heavy atom. The van der Waals surface area contributed by atoms with E-state index in [4.69, 9.17) is 4.74 Å². The van der Waals surface area contributed by atoms with E-state index in [0.717, 1.165) is 12.1 Å². The molecule has 3 aromatic rings. The molecule has 0 bridgehead atoms. The predicted molar refractivity (Wildman–Crippen MR) is 135 cm³/mol. The SMILES string of the molecule is COC(=O)[C@H](CC(C)C)c1cc(NCc2cc(C(F)(F)F)cc(C(F)(F)F)c2)cc(-c2ccc(C(F)(F)F)cc2)c1. The van der Waals surface area contributed by atoms with Crippen molar-refractivity contribution in [2.45, 2.75) is 51.3 Å². The van der Waals surface area contributed by atoms with Gasteiger partial charge in [0.05, 0.1) is 29.7 Å². The Labute approximate surface area is 230 Å². The molecule has 222 valence electrons. The number of esters is 1. The van der Waals surface area contributed by atoms with Gasteiger partial charge in [0.2, 0.25) is 0 Å². The zero-order valence-corrected chi connectivity index (χ0v) is 22.1. The first-order valence-corrected chi connectivity index (χ1v) is 12.3. The molecule has 0 amide bonds. The lowest BCUT2D eigenvalue weighted by atomic mass is 9.88. The van der Waals surface area contributed by atoms with Crippen molar-refractivity contribution in [1.29, 1.82) is 0 Å². The molecule has 3 aromatic carbocycles. The first kappa shape index (κ1) is 31.8. The highest BCUT2D eigenvalue weighted by Crippen LogP contribution is 2.38. The minimum atomic E-state index is -5.02. The van der Waals surface area contributed by atoms with Crippen LogP contribution in [-0.2, 0) is 34.6 Å². The molecule has 0 spiro atoms. The lowest BCUT2D eigenvalue weighted by molar-refractivity contribution is -0.144. The number of rotatable bonds is 8. The molecule has 0 aliphatic rings. The molecule has 0 unspecified atom stereocenters. The van der Waals surface area contributed by atoms with Gasteiger partial charge in [0, 0.05) is 12.2 Å². The maximum absolute atomic E-state index is 13.3. The van der Waals surface area contributed by atoms with E-state index in [2.05, 4.69) is 5.32 Å². The Morgan fingerprint density at radius 2 is 1.27 bits per heavy atom. The minimum Gasteiger partial charge on any atom is -0.469 e. The zero-order valence-electron chi connectivity index (χ0n) is 22.1. The normalized spacial score (nSPS) is 13.3. The van der Waals surface area contributed by atoms with Gasteiger partial charge in [-0.25, -0.2) is 0 Å². The van der Waals surface area contributed by atoms with Crippen molar-refractivity contribution in [3.63, 3.8) is 0 Å². The van der Waals surface area contributed by atoms with E-state index in [0.29, 0.717) is 35.2 Å². The number of carbonyl (C=O) groups is 1. The number of halogens is 9. The smallest absolute Gasteiger partial charge is 0.416 e. The minimum absolute atomic E-state index is 0.0242. The molecular formula is C29H26F9NO2. The van der Waals surface area contributed by atoms with Gasteiger partial charge in [-0.15, -0.1) is 0 Å². The summed E-state index contributed by atoms with van der Waals surface area (Å²) in [5, 5.41) is 2.80. The van der Waals surface area contributed by atoms with Crippen LogP contribution in [0, 0.1) is 5.92 Å². The predicted octanol–water partition coefficient (Wildman–Crippen LogP) is 9.32. The maximum Gasteiger partial charge on any atom is 0.416 e. The van der Waals surface area contributed by atoms with E-state index in [-0.39, 0.29) is 23.2 Å². The third-order valence-corrected chi connectivity index (χ3v) is 6.24. The molecular weight excluding hydrogens is 565 g/mol. The molecule has 0 fully saturated rings. The highest BCUT2D eigenvalue weighted by Gasteiger charge is 2.37. The van der Waals surface area contributed by atoms with Crippen molar-refractivity contribution in [2.75, 3.05) is 12.4 Å². The van der Waals surface area contributed by atoms with Crippen LogP contribution >= 0.6 is 0 Å². The van der Waals surface area contributed by atoms with Crippen molar-refractivity contribution >= 4 is 11.7 Å². The van der Waals surface area contributed by atoms with Crippen LogP contribution in [0.3, 0.4) is 0 Å². The molecule has 41 heavy (non-hydrogen) atoms. The van der Waals surface area contributed by atoms with Crippen LogP contribution < -0.4 is 5.32 Å². The molecule has 3 rings (SSSR count). The van der Waals surface area contributed by atoms with Gasteiger partial charge in [0.25, 0.3) is 0 Å². The average Bonchev–Trinajstić information content (AvgIpc) is 2.88. The standard InChI is InChI=1S/C29H26F9NO2/c1-16(2)8-25(26(40)41-3)20-11-19(18-4-6-21(7-5-18)27(30,31)32)12-24(13-20)39-15-17-9-22(28(33,34)35)14-23(10-17)29(36,37)38/h4-7,9-14,16,25,39H,8,15H2,1-3H3/t25-/m1/s1. The molecule has 3 nitrogen and oxygen atoms in total. The second-order valence-corrected chi connectivity index (χ2v) is 9.89. The first-order valence-electron chi connectivity index (χ1n) is 12.3. The van der Waals surface area contributed by atoms with Crippen molar-refractivity contribution in [1.82, 2.24) is 0 Å². The van der Waals surface area contributed by atoms with Crippen molar-refractivity contribution in [3.05, 3.63) is 88.5 Å². The maximum atomic E-state index is 13.3. The van der Waals surface area contributed by atoms with E-state index in [1.807, 2.05) is 13.8 Å². The molecule has 0 aliphatic carbocycles. The first-order chi connectivity index (χ1) is 18.9. The monoisotopic (exact) mass is 591 g/mol. The number of benzene rings is 3. The Bertz CT molecular complexity index is 1330. The highest BCUT2D eigenvalue weighted by atomic mass is 19.4. The molecule has 0 heterocycles. The lowest BCUT2D eigenvalue weighted by Crippen LogP contribution is -2.17. The summed E-state index contributed by atoms with van der Waals surface area (Å²) in [6.07, 6.45) is -14.3. The zero-order chi connectivity index (χ0) is 30.8. The van der Waals surface area contributed by atoms with E-state index in [9.17, 15) is 44.3 Å². The van der Waals surface area contributed by atoms with E-state index >= 15 is 0 Å². The van der Waals surface area contributed by atoms with Gasteiger partial charge in [0.15, 0.2) is 0 Å². The van der Waals surface area contributed by atoms with Crippen LogP contribution in [-0.4, -0.2) is 13.1 Å². The molecule has 0 aromatic heterocycles.